The van der Waals surface area contributed by atoms with Crippen LogP contribution in [0, 0.1) is 29.6 Å². The molecule has 0 spiro atoms. The van der Waals surface area contributed by atoms with Gasteiger partial charge in [-0.15, -0.1) is 0 Å². The van der Waals surface area contributed by atoms with E-state index < -0.39 is 45.6 Å². The number of carbonyl (C=O) groups excluding carboxylic acids is 4. The number of nitrogens with zero attached hydrogens (tertiary/aromatic N) is 1. The minimum Gasteiger partial charge on any atom is -0.746 e. The summed E-state index contributed by atoms with van der Waals surface area (Å²) in [6.45, 7) is 4.67. The van der Waals surface area contributed by atoms with Crippen LogP contribution in [0.5, 0.6) is 0 Å². The lowest BCUT2D eigenvalue weighted by Gasteiger charge is -2.31. The number of alkyl carbamates (subject to hydrolysis) is 1. The van der Waals surface area contributed by atoms with E-state index in [1.807, 2.05) is 18.7 Å². The number of likely N-dealkylation sites (tertiary alicyclic amines) is 1. The molecule has 2 aliphatic carbocycles. The molecular formula is C27H43N4O9S-. The lowest BCUT2D eigenvalue weighted by Crippen LogP contribution is -2.55. The van der Waals surface area contributed by atoms with E-state index in [9.17, 15) is 37.3 Å². The van der Waals surface area contributed by atoms with Crippen molar-refractivity contribution in [3.63, 3.8) is 0 Å². The van der Waals surface area contributed by atoms with E-state index in [-0.39, 0.29) is 43.2 Å². The highest BCUT2D eigenvalue weighted by molar-refractivity contribution is 7.86. The number of rotatable bonds is 13. The first-order valence-corrected chi connectivity index (χ1v) is 16.2. The highest BCUT2D eigenvalue weighted by atomic mass is 32.2. The topological polar surface area (TPSA) is 194 Å². The van der Waals surface area contributed by atoms with Gasteiger partial charge in [0.05, 0.1) is 12.1 Å². The third-order valence-electron chi connectivity index (χ3n) is 9.16. The molecule has 4 N–H and O–H groups in total. The summed E-state index contributed by atoms with van der Waals surface area (Å²) in [4.78, 5) is 52.4. The van der Waals surface area contributed by atoms with Gasteiger partial charge < -0.3 is 35.2 Å². The number of carbonyl (C=O) groups is 4. The Morgan fingerprint density at radius 1 is 1.15 bits per heavy atom. The fourth-order valence-corrected chi connectivity index (χ4v) is 7.62. The van der Waals surface area contributed by atoms with Crippen molar-refractivity contribution in [2.24, 2.45) is 29.6 Å². The molecule has 8 atom stereocenters. The standard InChI is InChI=1S/C27H44N4O9S/c1-15(2)9-21(25(34)29-22(26(35)41(37,38)39)12-18-7-8-28-24(18)33)30-27(36)40-14-20-5-6-23(32)31(20)13-19-11-16-3-4-17(19)10-16/h15-22,26,35H,3-14H2,1-2H3,(H,28,33)(H,29,34)(H,30,36)(H,37,38,39)/p-1/t16-,17+,18+,19-,20+,21+,22+,26?/m1/s1. The average Bonchev–Trinajstić information content (AvgIpc) is 3.68. The molecule has 0 aromatic carbocycles. The molecule has 232 valence electrons. The van der Waals surface area contributed by atoms with Gasteiger partial charge in [-0.1, -0.05) is 20.3 Å². The van der Waals surface area contributed by atoms with Crippen molar-refractivity contribution in [1.29, 1.82) is 0 Å². The maximum absolute atomic E-state index is 13.2. The van der Waals surface area contributed by atoms with E-state index in [4.69, 9.17) is 4.74 Å². The Balaban J connectivity index is 1.34. The zero-order valence-corrected chi connectivity index (χ0v) is 24.6. The van der Waals surface area contributed by atoms with Crippen molar-refractivity contribution >= 4 is 33.9 Å². The lowest BCUT2D eigenvalue weighted by atomic mass is 9.88. The van der Waals surface area contributed by atoms with Gasteiger partial charge in [-0.05, 0) is 68.6 Å². The van der Waals surface area contributed by atoms with Crippen LogP contribution in [0.4, 0.5) is 4.79 Å². The van der Waals surface area contributed by atoms with Crippen molar-refractivity contribution in [3.05, 3.63) is 0 Å². The Bertz CT molecular complexity index is 1100. The Labute approximate surface area is 241 Å². The van der Waals surface area contributed by atoms with Crippen LogP contribution in [0.3, 0.4) is 0 Å². The lowest BCUT2D eigenvalue weighted by molar-refractivity contribution is -0.130. The molecule has 1 unspecified atom stereocenters. The number of hydrogen-bond acceptors (Lipinski definition) is 9. The first kappa shape index (κ1) is 31.5. The van der Waals surface area contributed by atoms with Crippen molar-refractivity contribution in [3.8, 4) is 0 Å². The monoisotopic (exact) mass is 599 g/mol. The maximum atomic E-state index is 13.2. The van der Waals surface area contributed by atoms with Gasteiger partial charge in [0.25, 0.3) is 0 Å². The van der Waals surface area contributed by atoms with E-state index in [0.717, 1.165) is 12.3 Å². The van der Waals surface area contributed by atoms with Gasteiger partial charge in [0.1, 0.15) is 22.8 Å². The van der Waals surface area contributed by atoms with E-state index in [1.165, 1.54) is 19.3 Å². The van der Waals surface area contributed by atoms with Crippen LogP contribution >= 0.6 is 0 Å². The zero-order valence-electron chi connectivity index (χ0n) is 23.8. The summed E-state index contributed by atoms with van der Waals surface area (Å²) in [5, 5.41) is 17.7. The van der Waals surface area contributed by atoms with Crippen LogP contribution in [-0.4, -0.2) is 90.0 Å². The molecule has 2 aliphatic heterocycles. The molecule has 0 aromatic rings. The molecule has 2 saturated carbocycles. The molecule has 4 aliphatic rings. The SMILES string of the molecule is CC(C)C[C@H](NC(=O)OC[C@@H]1CCC(=O)N1C[C@H]1C[C@@H]2CC[C@H]1C2)C(=O)N[C@@H](C[C@@H]1CCNC1=O)C(O)S(=O)(=O)[O-]. The van der Waals surface area contributed by atoms with E-state index >= 15 is 0 Å². The molecule has 0 aromatic heterocycles. The summed E-state index contributed by atoms with van der Waals surface area (Å²) < 4.78 is 40.1. The number of aliphatic hydroxyl groups is 1. The molecule has 13 nitrogen and oxygen atoms in total. The summed E-state index contributed by atoms with van der Waals surface area (Å²) >= 11 is 0. The van der Waals surface area contributed by atoms with Gasteiger partial charge in [-0.3, -0.25) is 14.4 Å². The average molecular weight is 600 g/mol. The van der Waals surface area contributed by atoms with Crippen LogP contribution < -0.4 is 16.0 Å². The summed E-state index contributed by atoms with van der Waals surface area (Å²) in [6, 6.07) is -2.93. The Hall–Kier alpha value is -2.45. The molecule has 41 heavy (non-hydrogen) atoms. The van der Waals surface area contributed by atoms with Crippen LogP contribution in [0.25, 0.3) is 0 Å². The zero-order chi connectivity index (χ0) is 29.9. The van der Waals surface area contributed by atoms with Gasteiger partial charge in [0, 0.05) is 25.4 Å². The van der Waals surface area contributed by atoms with E-state index in [0.29, 0.717) is 44.2 Å². The molecular weight excluding hydrogens is 556 g/mol. The molecule has 4 rings (SSSR count). The Kier molecular flexibility index (Phi) is 10.2. The number of ether oxygens (including phenoxy) is 1. The van der Waals surface area contributed by atoms with Gasteiger partial charge in [0.15, 0.2) is 5.44 Å². The summed E-state index contributed by atoms with van der Waals surface area (Å²) in [5.41, 5.74) is -2.47. The van der Waals surface area contributed by atoms with Crippen LogP contribution in [0.15, 0.2) is 0 Å². The van der Waals surface area contributed by atoms with E-state index in [1.54, 1.807) is 0 Å². The van der Waals surface area contributed by atoms with Gasteiger partial charge in [-0.2, -0.15) is 0 Å². The predicted octanol–water partition coefficient (Wildman–Crippen LogP) is 0.429. The molecule has 2 bridgehead atoms. The number of aliphatic hydroxyl groups excluding tert-OH is 1. The fraction of sp³-hybridized carbons (Fsp3) is 0.852. The molecule has 14 heteroatoms. The molecule has 4 fully saturated rings. The highest BCUT2D eigenvalue weighted by Gasteiger charge is 2.43. The van der Waals surface area contributed by atoms with E-state index in [2.05, 4.69) is 16.0 Å². The predicted molar refractivity (Wildman–Crippen MR) is 145 cm³/mol. The number of fused-ring (bicyclic) bond motifs is 2. The third kappa shape index (κ3) is 8.10. The highest BCUT2D eigenvalue weighted by Crippen LogP contribution is 2.48. The fourth-order valence-electron chi connectivity index (χ4n) is 7.04. The third-order valence-corrected chi connectivity index (χ3v) is 10.1. The van der Waals surface area contributed by atoms with Gasteiger partial charge in [0.2, 0.25) is 17.7 Å². The molecule has 2 saturated heterocycles. The summed E-state index contributed by atoms with van der Waals surface area (Å²) in [7, 11) is -5.20. The first-order chi connectivity index (χ1) is 19.3. The second-order valence-corrected chi connectivity index (χ2v) is 14.1. The van der Waals surface area contributed by atoms with Crippen molar-refractivity contribution in [2.45, 2.75) is 95.2 Å². The van der Waals surface area contributed by atoms with Crippen LogP contribution in [-0.2, 0) is 29.2 Å². The normalized spacial score (nSPS) is 29.9. The van der Waals surface area contributed by atoms with Crippen LogP contribution in [0.1, 0.15) is 71.6 Å². The minimum absolute atomic E-state index is 0.0129. The summed E-state index contributed by atoms with van der Waals surface area (Å²) in [6.07, 6.45) is 5.26. The largest absolute Gasteiger partial charge is 0.746 e. The number of nitrogens with one attached hydrogen (secondary N) is 3. The second kappa shape index (κ2) is 13.2. The molecule has 4 amide bonds. The Morgan fingerprint density at radius 2 is 1.90 bits per heavy atom. The summed E-state index contributed by atoms with van der Waals surface area (Å²) in [5.74, 6) is 0.0523. The van der Waals surface area contributed by atoms with Gasteiger partial charge in [-0.25, -0.2) is 13.2 Å². The van der Waals surface area contributed by atoms with Crippen molar-refractivity contribution < 1.29 is 42.0 Å². The first-order valence-electron chi connectivity index (χ1n) is 14.7. The molecule has 0 radical (unpaired) electrons. The Morgan fingerprint density at radius 3 is 2.49 bits per heavy atom. The quantitative estimate of drug-likeness (QED) is 0.217. The van der Waals surface area contributed by atoms with Crippen molar-refractivity contribution in [1.82, 2.24) is 20.9 Å². The minimum atomic E-state index is -5.20. The van der Waals surface area contributed by atoms with Crippen molar-refractivity contribution in [2.75, 3.05) is 19.7 Å². The second-order valence-electron chi connectivity index (χ2n) is 12.6. The number of amides is 4. The smallest absolute Gasteiger partial charge is 0.407 e. The molecule has 2 heterocycles. The maximum Gasteiger partial charge on any atom is 0.407 e. The van der Waals surface area contributed by atoms with Crippen LogP contribution in [0.2, 0.25) is 0 Å². The van der Waals surface area contributed by atoms with Gasteiger partial charge >= 0.3 is 6.09 Å². The number of hydrogen-bond donors (Lipinski definition) is 4.